The van der Waals surface area contributed by atoms with Gasteiger partial charge in [0.25, 0.3) is 0 Å². The van der Waals surface area contributed by atoms with Crippen LogP contribution in [0.15, 0.2) is 12.2 Å². The van der Waals surface area contributed by atoms with E-state index in [4.69, 9.17) is 9.05 Å². The van der Waals surface area contributed by atoms with E-state index in [0.29, 0.717) is 0 Å². The van der Waals surface area contributed by atoms with Crippen LogP contribution in [0.1, 0.15) is 20.8 Å². The van der Waals surface area contributed by atoms with E-state index in [1.165, 1.54) is 6.92 Å². The molecule has 0 aromatic rings. The minimum atomic E-state index is -3.74. The van der Waals surface area contributed by atoms with Gasteiger partial charge in [-0.05, 0) is 20.8 Å². The van der Waals surface area contributed by atoms with E-state index in [0.717, 1.165) is 0 Å². The Morgan fingerprint density at radius 3 is 2.00 bits per heavy atom. The van der Waals surface area contributed by atoms with Crippen molar-refractivity contribution in [1.82, 2.24) is 0 Å². The highest BCUT2D eigenvalue weighted by Gasteiger charge is 2.30. The molecule has 0 spiro atoms. The molecule has 6 heteroatoms. The summed E-state index contributed by atoms with van der Waals surface area (Å²) in [7, 11) is -3.74. The van der Waals surface area contributed by atoms with Crippen LogP contribution in [0.4, 0.5) is 0 Å². The molecule has 0 aromatic heterocycles. The van der Waals surface area contributed by atoms with Crippen LogP contribution < -0.4 is 0 Å². The monoisotopic (exact) mass is 222 g/mol. The van der Waals surface area contributed by atoms with Gasteiger partial charge in [0.2, 0.25) is 0 Å². The van der Waals surface area contributed by atoms with Crippen LogP contribution in [-0.2, 0) is 22.9 Å². The summed E-state index contributed by atoms with van der Waals surface area (Å²) in [6, 6.07) is 0. The highest BCUT2D eigenvalue weighted by atomic mass is 31.2. The SMILES string of the molecule is C=C(C)C(=O)OP(=O)(OCC)OCC. The molecule has 0 fully saturated rings. The fourth-order valence-electron chi connectivity index (χ4n) is 0.586. The Morgan fingerprint density at radius 2 is 1.71 bits per heavy atom. The van der Waals surface area contributed by atoms with Crippen molar-refractivity contribution in [2.45, 2.75) is 20.8 Å². The zero-order chi connectivity index (χ0) is 11.2. The normalized spacial score (nSPS) is 11.1. The van der Waals surface area contributed by atoms with Crippen molar-refractivity contribution in [2.24, 2.45) is 0 Å². The highest BCUT2D eigenvalue weighted by Crippen LogP contribution is 2.49. The van der Waals surface area contributed by atoms with E-state index in [9.17, 15) is 9.36 Å². The molecule has 0 bridgehead atoms. The molecular formula is C8H15O5P. The van der Waals surface area contributed by atoms with Gasteiger partial charge in [-0.3, -0.25) is 9.05 Å². The molecule has 0 aliphatic rings. The first-order chi connectivity index (χ1) is 6.45. The predicted octanol–water partition coefficient (Wildman–Crippen LogP) is 2.29. The van der Waals surface area contributed by atoms with Crippen LogP contribution in [0.2, 0.25) is 0 Å². The van der Waals surface area contributed by atoms with Crippen molar-refractivity contribution in [1.29, 1.82) is 0 Å². The van der Waals surface area contributed by atoms with Gasteiger partial charge in [-0.25, -0.2) is 9.36 Å². The lowest BCUT2D eigenvalue weighted by atomic mass is 10.4. The largest absolute Gasteiger partial charge is 0.532 e. The first-order valence-electron chi connectivity index (χ1n) is 4.23. The summed E-state index contributed by atoms with van der Waals surface area (Å²) in [6.07, 6.45) is 0. The molecule has 0 aliphatic heterocycles. The molecule has 82 valence electrons. The van der Waals surface area contributed by atoms with Gasteiger partial charge >= 0.3 is 13.8 Å². The van der Waals surface area contributed by atoms with E-state index >= 15 is 0 Å². The maximum Gasteiger partial charge on any atom is 0.532 e. The second kappa shape index (κ2) is 5.96. The minimum absolute atomic E-state index is 0.140. The van der Waals surface area contributed by atoms with Crippen molar-refractivity contribution in [3.05, 3.63) is 12.2 Å². The van der Waals surface area contributed by atoms with Crippen LogP contribution in [0.5, 0.6) is 0 Å². The Morgan fingerprint density at radius 1 is 1.29 bits per heavy atom. The van der Waals surface area contributed by atoms with E-state index in [2.05, 4.69) is 11.1 Å². The summed E-state index contributed by atoms with van der Waals surface area (Å²) in [5.41, 5.74) is 0.143. The summed E-state index contributed by atoms with van der Waals surface area (Å²) < 4.78 is 25.6. The smallest absolute Gasteiger partial charge is 0.367 e. The number of rotatable bonds is 6. The Labute approximate surface area is 83.7 Å². The molecule has 0 saturated carbocycles. The van der Waals surface area contributed by atoms with Gasteiger partial charge in [0.1, 0.15) is 0 Å². The molecule has 0 rings (SSSR count). The molecule has 0 aromatic carbocycles. The molecular weight excluding hydrogens is 207 g/mol. The maximum absolute atomic E-state index is 11.6. The van der Waals surface area contributed by atoms with Crippen LogP contribution in [-0.4, -0.2) is 19.2 Å². The van der Waals surface area contributed by atoms with Gasteiger partial charge in [-0.2, -0.15) is 0 Å². The molecule has 0 unspecified atom stereocenters. The Kier molecular flexibility index (Phi) is 5.69. The van der Waals surface area contributed by atoms with Gasteiger partial charge in [0.05, 0.1) is 13.2 Å². The van der Waals surface area contributed by atoms with Crippen LogP contribution in [0.3, 0.4) is 0 Å². The lowest BCUT2D eigenvalue weighted by Gasteiger charge is -2.15. The number of phosphoric ester groups is 1. The van der Waals surface area contributed by atoms with Crippen molar-refractivity contribution in [3.63, 3.8) is 0 Å². The molecule has 0 heterocycles. The van der Waals surface area contributed by atoms with E-state index in [1.807, 2.05) is 0 Å². The van der Waals surface area contributed by atoms with Crippen molar-refractivity contribution in [3.8, 4) is 0 Å². The summed E-state index contributed by atoms with van der Waals surface area (Å²) >= 11 is 0. The lowest BCUT2D eigenvalue weighted by molar-refractivity contribution is -0.131. The average molecular weight is 222 g/mol. The zero-order valence-corrected chi connectivity index (χ0v) is 9.50. The molecule has 14 heavy (non-hydrogen) atoms. The van der Waals surface area contributed by atoms with E-state index in [-0.39, 0.29) is 18.8 Å². The van der Waals surface area contributed by atoms with E-state index in [1.54, 1.807) is 13.8 Å². The van der Waals surface area contributed by atoms with Gasteiger partial charge in [-0.1, -0.05) is 6.58 Å². The summed E-state index contributed by atoms with van der Waals surface area (Å²) in [6.45, 7) is 8.33. The Bertz CT molecular complexity index is 250. The highest BCUT2D eigenvalue weighted by molar-refractivity contribution is 7.49. The van der Waals surface area contributed by atoms with Gasteiger partial charge in [-0.15, -0.1) is 0 Å². The standard InChI is InChI=1S/C8H15O5P/c1-5-11-14(10,12-6-2)13-8(9)7(3)4/h3,5-6H2,1-2,4H3. The quantitative estimate of drug-likeness (QED) is 0.509. The fraction of sp³-hybridized carbons (Fsp3) is 0.625. The number of hydrogen-bond acceptors (Lipinski definition) is 5. The van der Waals surface area contributed by atoms with E-state index < -0.39 is 13.8 Å². The number of hydrogen-bond donors (Lipinski definition) is 0. The maximum atomic E-state index is 11.6. The second-order valence-corrected chi connectivity index (χ2v) is 4.04. The van der Waals surface area contributed by atoms with Gasteiger partial charge in [0, 0.05) is 5.57 Å². The Balaban J connectivity index is 4.44. The fourth-order valence-corrected chi connectivity index (χ4v) is 1.76. The Hall–Kier alpha value is -0.640. The lowest BCUT2D eigenvalue weighted by Crippen LogP contribution is -2.07. The number of carbonyl (C=O) groups is 1. The third kappa shape index (κ3) is 4.56. The van der Waals surface area contributed by atoms with Crippen molar-refractivity contribution >= 4 is 13.8 Å². The average Bonchev–Trinajstić information content (AvgIpc) is 2.04. The summed E-state index contributed by atoms with van der Waals surface area (Å²) in [5.74, 6) is -0.782. The second-order valence-electron chi connectivity index (χ2n) is 2.44. The minimum Gasteiger partial charge on any atom is -0.367 e. The zero-order valence-electron chi connectivity index (χ0n) is 8.61. The van der Waals surface area contributed by atoms with Gasteiger partial charge < -0.3 is 4.52 Å². The summed E-state index contributed by atoms with van der Waals surface area (Å²) in [4.78, 5) is 11.1. The molecule has 0 radical (unpaired) electrons. The summed E-state index contributed by atoms with van der Waals surface area (Å²) in [5, 5.41) is 0. The van der Waals surface area contributed by atoms with Gasteiger partial charge in [0.15, 0.2) is 0 Å². The first kappa shape index (κ1) is 13.4. The molecule has 5 nitrogen and oxygen atoms in total. The van der Waals surface area contributed by atoms with Crippen LogP contribution in [0, 0.1) is 0 Å². The van der Waals surface area contributed by atoms with Crippen molar-refractivity contribution in [2.75, 3.05) is 13.2 Å². The molecule has 0 saturated heterocycles. The third-order valence-corrected chi connectivity index (χ3v) is 2.66. The molecule has 0 amide bonds. The van der Waals surface area contributed by atoms with Crippen LogP contribution in [0.25, 0.3) is 0 Å². The predicted molar refractivity (Wildman–Crippen MR) is 51.8 cm³/mol. The molecule has 0 aliphatic carbocycles. The van der Waals surface area contributed by atoms with Crippen molar-refractivity contribution < 1.29 is 22.9 Å². The first-order valence-corrected chi connectivity index (χ1v) is 5.69. The molecule has 0 atom stereocenters. The van der Waals surface area contributed by atoms with Crippen LogP contribution >= 0.6 is 7.82 Å². The molecule has 0 N–H and O–H groups in total. The third-order valence-electron chi connectivity index (χ3n) is 1.12. The topological polar surface area (TPSA) is 61.8 Å². The number of phosphoric acid groups is 1. The number of carbonyl (C=O) groups excluding carboxylic acids is 1.